The van der Waals surface area contributed by atoms with Crippen LogP contribution in [-0.2, 0) is 49.2 Å². The fraction of sp³-hybridized carbons (Fsp3) is 0.378. The molecule has 1 atom stereocenters. The molecule has 2 amide bonds. The number of ether oxygens (including phenoxy) is 4. The Kier molecular flexibility index (Phi) is 14.5. The number of benzene rings is 4. The van der Waals surface area contributed by atoms with Crippen molar-refractivity contribution in [1.82, 2.24) is 34.1 Å². The second kappa shape index (κ2) is 20.1. The maximum absolute atomic E-state index is 16.0. The van der Waals surface area contributed by atoms with Crippen LogP contribution in [0.25, 0.3) is 11.4 Å². The SMILES string of the molecule is COc1ccc(CN(Cc2ccc(OC)cc2)S(=O)(=O)c2c(S(=O)(=O)N[C@@H]3CCN(C(=O)OC(C)(C)C)C3)ccc(N3CCCC(=NO)C3=O)c2-c2nnn(Cc3ccc(OC)cc3)n2)cc1. The summed E-state index contributed by atoms with van der Waals surface area (Å²) in [5, 5.41) is 26.3. The minimum atomic E-state index is -5.04. The molecule has 5 aromatic rings. The van der Waals surface area contributed by atoms with Gasteiger partial charge in [0, 0.05) is 45.2 Å². The molecule has 0 radical (unpaired) electrons. The molecule has 20 nitrogen and oxygen atoms in total. The summed E-state index contributed by atoms with van der Waals surface area (Å²) >= 11 is 0. The summed E-state index contributed by atoms with van der Waals surface area (Å²) in [5.41, 5.74) is 0.396. The maximum atomic E-state index is 16.0. The molecule has 0 aliphatic carbocycles. The van der Waals surface area contributed by atoms with Crippen molar-refractivity contribution in [3.63, 3.8) is 0 Å². The number of carbonyl (C=O) groups excluding carboxylic acids is 2. The number of nitrogens with one attached hydrogen (secondary N) is 1. The molecule has 0 unspecified atom stereocenters. The van der Waals surface area contributed by atoms with Crippen molar-refractivity contribution in [2.75, 3.05) is 45.9 Å². The van der Waals surface area contributed by atoms with Crippen LogP contribution in [0.2, 0.25) is 0 Å². The van der Waals surface area contributed by atoms with E-state index in [1.165, 1.54) is 42.0 Å². The first kappa shape index (κ1) is 48.3. The molecule has 0 spiro atoms. The lowest BCUT2D eigenvalue weighted by Crippen LogP contribution is -2.43. The third-order valence-electron chi connectivity index (χ3n) is 11.0. The van der Waals surface area contributed by atoms with E-state index in [0.717, 1.165) is 15.9 Å². The average molecular weight is 960 g/mol. The molecule has 1 aromatic heterocycles. The summed E-state index contributed by atoms with van der Waals surface area (Å²) in [7, 11) is -5.31. The van der Waals surface area contributed by atoms with Gasteiger partial charge < -0.3 is 34.0 Å². The van der Waals surface area contributed by atoms with E-state index in [0.29, 0.717) is 34.8 Å². The van der Waals surface area contributed by atoms with Gasteiger partial charge in [0.15, 0.2) is 0 Å². The summed E-state index contributed by atoms with van der Waals surface area (Å²) in [5.74, 6) is 0.620. The Hall–Kier alpha value is -6.62. The standard InChI is InChI=1S/C45H53N9O11S2/c1-45(2,3)65-44(56)51-25-23-33(29-51)49-66(58,59)39-22-21-38(53-24-7-8-37(48-57)43(53)55)40(42-46-50-54(47-42)28-32-13-19-36(64-6)20-14-32)41(39)67(60,61)52(26-30-9-15-34(62-4)16-10-30)27-31-11-17-35(63-5)18-12-31/h9-22,33,49,57H,7-8,23-29H2,1-6H3/t33-/m1/s1. The van der Waals surface area contributed by atoms with Gasteiger partial charge in [0.05, 0.1) is 39.1 Å². The van der Waals surface area contributed by atoms with Gasteiger partial charge in [-0.2, -0.15) is 9.10 Å². The molecule has 356 valence electrons. The molecule has 0 saturated carbocycles. The van der Waals surface area contributed by atoms with Crippen molar-refractivity contribution >= 4 is 43.4 Å². The van der Waals surface area contributed by atoms with Gasteiger partial charge in [-0.3, -0.25) is 4.79 Å². The molecule has 2 aliphatic heterocycles. The molecule has 3 heterocycles. The van der Waals surface area contributed by atoms with Gasteiger partial charge in [-0.25, -0.2) is 26.4 Å². The minimum Gasteiger partial charge on any atom is -0.497 e. The molecular formula is C45H53N9O11S2. The zero-order valence-corrected chi connectivity index (χ0v) is 39.6. The molecule has 0 bridgehead atoms. The summed E-state index contributed by atoms with van der Waals surface area (Å²) in [4.78, 5) is 29.4. The highest BCUT2D eigenvalue weighted by Gasteiger charge is 2.41. The van der Waals surface area contributed by atoms with E-state index < -0.39 is 53.5 Å². The monoisotopic (exact) mass is 959 g/mol. The molecule has 2 saturated heterocycles. The van der Waals surface area contributed by atoms with Gasteiger partial charge in [-0.15, -0.1) is 10.2 Å². The number of carbonyl (C=O) groups is 2. The number of amides is 2. The summed E-state index contributed by atoms with van der Waals surface area (Å²) in [6.45, 7) is 4.85. The molecule has 7 rings (SSSR count). The minimum absolute atomic E-state index is 0.0403. The number of aromatic nitrogens is 4. The van der Waals surface area contributed by atoms with Crippen LogP contribution in [-0.4, -0.2) is 122 Å². The third-order valence-corrected chi connectivity index (χ3v) is 14.6. The second-order valence-electron chi connectivity index (χ2n) is 16.9. The normalized spacial score (nSPS) is 16.4. The van der Waals surface area contributed by atoms with Gasteiger partial charge in [-0.1, -0.05) is 41.6 Å². The zero-order valence-electron chi connectivity index (χ0n) is 37.9. The van der Waals surface area contributed by atoms with E-state index >= 15 is 16.8 Å². The van der Waals surface area contributed by atoms with E-state index in [1.54, 1.807) is 93.6 Å². The number of nitrogens with zero attached hydrogens (tertiary/aromatic N) is 8. The third kappa shape index (κ3) is 11.2. The number of hydrogen-bond acceptors (Lipinski definition) is 15. The van der Waals surface area contributed by atoms with Gasteiger partial charge in [0.1, 0.15) is 38.4 Å². The first-order valence-electron chi connectivity index (χ1n) is 21.3. The van der Waals surface area contributed by atoms with E-state index in [1.807, 2.05) is 0 Å². The van der Waals surface area contributed by atoms with Gasteiger partial charge >= 0.3 is 6.09 Å². The number of tetrazole rings is 1. The molecule has 22 heteroatoms. The molecule has 2 fully saturated rings. The first-order chi connectivity index (χ1) is 31.9. The van der Waals surface area contributed by atoms with Crippen molar-refractivity contribution in [2.24, 2.45) is 5.16 Å². The second-order valence-corrected chi connectivity index (χ2v) is 20.4. The fourth-order valence-corrected chi connectivity index (χ4v) is 11.4. The van der Waals surface area contributed by atoms with Crippen LogP contribution < -0.4 is 23.8 Å². The van der Waals surface area contributed by atoms with E-state index in [9.17, 15) is 14.8 Å². The quantitative estimate of drug-likeness (QED) is 0.0973. The van der Waals surface area contributed by atoms with Crippen LogP contribution >= 0.6 is 0 Å². The van der Waals surface area contributed by atoms with Crippen molar-refractivity contribution in [3.05, 3.63) is 102 Å². The van der Waals surface area contributed by atoms with Crippen molar-refractivity contribution in [2.45, 2.75) is 81.1 Å². The lowest BCUT2D eigenvalue weighted by atomic mass is 10.0. The summed E-state index contributed by atoms with van der Waals surface area (Å²) in [6, 6.07) is 22.1. The van der Waals surface area contributed by atoms with Crippen LogP contribution in [0.1, 0.15) is 56.7 Å². The van der Waals surface area contributed by atoms with Crippen molar-refractivity contribution in [3.8, 4) is 28.6 Å². The molecule has 67 heavy (non-hydrogen) atoms. The van der Waals surface area contributed by atoms with Gasteiger partial charge in [-0.05, 0) is 104 Å². The predicted octanol–water partition coefficient (Wildman–Crippen LogP) is 5.05. The Balaban J connectivity index is 1.44. The smallest absolute Gasteiger partial charge is 0.410 e. The largest absolute Gasteiger partial charge is 0.497 e. The van der Waals surface area contributed by atoms with E-state index in [2.05, 4.69) is 25.3 Å². The topological polar surface area (TPSA) is 237 Å². The lowest BCUT2D eigenvalue weighted by Gasteiger charge is -2.31. The number of hydrogen-bond donors (Lipinski definition) is 2. The number of anilines is 1. The first-order valence-corrected chi connectivity index (χ1v) is 24.2. The van der Waals surface area contributed by atoms with E-state index in [-0.39, 0.29) is 74.9 Å². The highest BCUT2D eigenvalue weighted by molar-refractivity contribution is 7.92. The van der Waals surface area contributed by atoms with Gasteiger partial charge in [0.2, 0.25) is 25.9 Å². The van der Waals surface area contributed by atoms with Crippen LogP contribution in [0.15, 0.2) is 99.9 Å². The Morgan fingerprint density at radius 1 is 0.836 bits per heavy atom. The summed E-state index contributed by atoms with van der Waals surface area (Å²) < 4.78 is 87.4. The number of methoxy groups -OCH3 is 3. The number of oxime groups is 1. The highest BCUT2D eigenvalue weighted by Crippen LogP contribution is 2.42. The predicted molar refractivity (Wildman–Crippen MR) is 245 cm³/mol. The molecular weight excluding hydrogens is 907 g/mol. The van der Waals surface area contributed by atoms with Gasteiger partial charge in [0.25, 0.3) is 5.91 Å². The fourth-order valence-electron chi connectivity index (χ4n) is 7.71. The Labute approximate surface area is 389 Å². The number of likely N-dealkylation sites (tertiary alicyclic amines) is 1. The Morgan fingerprint density at radius 2 is 1.40 bits per heavy atom. The molecule has 2 N–H and O–H groups in total. The zero-order chi connectivity index (χ0) is 48.1. The number of piperidine rings is 1. The van der Waals surface area contributed by atoms with Crippen molar-refractivity contribution in [1.29, 1.82) is 0 Å². The maximum Gasteiger partial charge on any atom is 0.410 e. The Morgan fingerprint density at radius 3 is 1.94 bits per heavy atom. The van der Waals surface area contributed by atoms with Crippen LogP contribution in [0.5, 0.6) is 17.2 Å². The van der Waals surface area contributed by atoms with E-state index in [4.69, 9.17) is 18.9 Å². The average Bonchev–Trinajstić information content (AvgIpc) is 3.98. The summed E-state index contributed by atoms with van der Waals surface area (Å²) in [6.07, 6.45) is 0.0258. The molecule has 2 aliphatic rings. The lowest BCUT2D eigenvalue weighted by molar-refractivity contribution is -0.113. The highest BCUT2D eigenvalue weighted by atomic mass is 32.2. The number of rotatable bonds is 16. The number of sulfonamides is 2. The van der Waals surface area contributed by atoms with Crippen molar-refractivity contribution < 1.29 is 50.6 Å². The van der Waals surface area contributed by atoms with Crippen LogP contribution in [0.4, 0.5) is 10.5 Å². The van der Waals surface area contributed by atoms with Crippen LogP contribution in [0.3, 0.4) is 0 Å². The van der Waals surface area contributed by atoms with Crippen LogP contribution in [0, 0.1) is 0 Å². The Bertz CT molecular complexity index is 2780. The molecule has 4 aromatic carbocycles.